The normalized spacial score (nSPS) is 11.3. The van der Waals surface area contributed by atoms with E-state index in [0.29, 0.717) is 27.9 Å². The maximum absolute atomic E-state index is 14.8. The Balaban J connectivity index is 2.14. The molecular formula is C24H19Cl2FN2O2. The third kappa shape index (κ3) is 3.68. The topological polar surface area (TPSA) is 44.1 Å². The SMILES string of the molecule is COc1cccc(F)c1-c1cc2c(cc1Cl)c(Cl)nc(=O)n2-c1ccccc1C(C)C. The zero-order valence-corrected chi connectivity index (χ0v) is 18.6. The van der Waals surface area contributed by atoms with Crippen LogP contribution in [0.5, 0.6) is 5.75 Å². The van der Waals surface area contributed by atoms with Crippen molar-refractivity contribution in [3.8, 4) is 22.6 Å². The quantitative estimate of drug-likeness (QED) is 0.323. The molecular weight excluding hydrogens is 438 g/mol. The van der Waals surface area contributed by atoms with Crippen molar-refractivity contribution in [1.82, 2.24) is 9.55 Å². The molecule has 158 valence electrons. The molecule has 0 radical (unpaired) electrons. The summed E-state index contributed by atoms with van der Waals surface area (Å²) in [7, 11) is 1.46. The van der Waals surface area contributed by atoms with Crippen molar-refractivity contribution >= 4 is 34.1 Å². The van der Waals surface area contributed by atoms with Crippen molar-refractivity contribution in [3.05, 3.63) is 86.6 Å². The Bertz CT molecular complexity index is 1370. The van der Waals surface area contributed by atoms with Crippen molar-refractivity contribution in [2.45, 2.75) is 19.8 Å². The van der Waals surface area contributed by atoms with E-state index in [9.17, 15) is 9.18 Å². The van der Waals surface area contributed by atoms with Gasteiger partial charge in [-0.1, -0.05) is 61.3 Å². The number of benzene rings is 3. The summed E-state index contributed by atoms with van der Waals surface area (Å²) in [5.41, 5.74) is 2.20. The molecule has 0 atom stereocenters. The highest BCUT2D eigenvalue weighted by molar-refractivity contribution is 6.37. The van der Waals surface area contributed by atoms with E-state index in [1.807, 2.05) is 38.1 Å². The first kappa shape index (κ1) is 21.3. The van der Waals surface area contributed by atoms with Gasteiger partial charge in [0.15, 0.2) is 0 Å². The minimum Gasteiger partial charge on any atom is -0.496 e. The van der Waals surface area contributed by atoms with E-state index in [1.165, 1.54) is 17.7 Å². The summed E-state index contributed by atoms with van der Waals surface area (Å²) in [6, 6.07) is 15.4. The average Bonchev–Trinajstić information content (AvgIpc) is 2.74. The number of hydrogen-bond acceptors (Lipinski definition) is 3. The van der Waals surface area contributed by atoms with Gasteiger partial charge in [0.25, 0.3) is 0 Å². The first-order valence-corrected chi connectivity index (χ1v) is 10.4. The van der Waals surface area contributed by atoms with Gasteiger partial charge in [0.05, 0.1) is 23.9 Å². The summed E-state index contributed by atoms with van der Waals surface area (Å²) in [5, 5.41) is 0.790. The van der Waals surface area contributed by atoms with Crippen molar-refractivity contribution in [3.63, 3.8) is 0 Å². The molecule has 1 heterocycles. The molecule has 0 spiro atoms. The van der Waals surface area contributed by atoms with Crippen molar-refractivity contribution in [1.29, 1.82) is 0 Å². The van der Waals surface area contributed by atoms with E-state index in [0.717, 1.165) is 5.56 Å². The minimum absolute atomic E-state index is 0.0345. The number of nitrogens with zero attached hydrogens (tertiary/aromatic N) is 2. The summed E-state index contributed by atoms with van der Waals surface area (Å²) in [5.74, 6) is 0.00220. The molecule has 0 aliphatic heterocycles. The van der Waals surface area contributed by atoms with Gasteiger partial charge in [-0.2, -0.15) is 4.98 Å². The molecule has 4 rings (SSSR count). The molecule has 31 heavy (non-hydrogen) atoms. The summed E-state index contributed by atoms with van der Waals surface area (Å²) >= 11 is 12.8. The lowest BCUT2D eigenvalue weighted by Gasteiger charge is -2.18. The maximum Gasteiger partial charge on any atom is 0.354 e. The minimum atomic E-state index is -0.528. The molecule has 0 N–H and O–H groups in total. The van der Waals surface area contributed by atoms with Gasteiger partial charge in [0.1, 0.15) is 16.7 Å². The fourth-order valence-corrected chi connectivity index (χ4v) is 4.23. The van der Waals surface area contributed by atoms with Crippen LogP contribution in [0.2, 0.25) is 10.2 Å². The van der Waals surface area contributed by atoms with Crippen LogP contribution in [-0.4, -0.2) is 16.7 Å². The van der Waals surface area contributed by atoms with Crippen molar-refractivity contribution < 1.29 is 9.13 Å². The standard InChI is InChI=1S/C24H19Cl2FN2O2/c1-13(2)14-7-4-5-9-19(14)29-20-12-15(22-18(27)8-6-10-21(22)31-3)17(25)11-16(20)23(26)28-24(29)30/h4-13H,1-3H3. The number of ether oxygens (including phenoxy) is 1. The molecule has 0 saturated carbocycles. The molecule has 4 aromatic rings. The number of methoxy groups -OCH3 is 1. The van der Waals surface area contributed by atoms with Crippen LogP contribution in [0.1, 0.15) is 25.3 Å². The molecule has 3 aromatic carbocycles. The molecule has 7 heteroatoms. The zero-order chi connectivity index (χ0) is 22.3. The Labute approximate surface area is 188 Å². The molecule has 0 aliphatic carbocycles. The van der Waals surface area contributed by atoms with E-state index in [-0.39, 0.29) is 21.7 Å². The van der Waals surface area contributed by atoms with Crippen LogP contribution >= 0.6 is 23.2 Å². The van der Waals surface area contributed by atoms with Gasteiger partial charge in [-0.15, -0.1) is 0 Å². The fourth-order valence-electron chi connectivity index (χ4n) is 3.75. The van der Waals surface area contributed by atoms with E-state index in [4.69, 9.17) is 27.9 Å². The number of hydrogen-bond donors (Lipinski definition) is 0. The van der Waals surface area contributed by atoms with E-state index in [2.05, 4.69) is 4.98 Å². The highest BCUT2D eigenvalue weighted by Gasteiger charge is 2.20. The first-order valence-electron chi connectivity index (χ1n) is 9.67. The predicted octanol–water partition coefficient (Wildman–Crippen LogP) is 6.63. The van der Waals surface area contributed by atoms with Crippen LogP contribution in [-0.2, 0) is 0 Å². The van der Waals surface area contributed by atoms with Crippen LogP contribution in [0.4, 0.5) is 4.39 Å². The van der Waals surface area contributed by atoms with Crippen LogP contribution < -0.4 is 10.4 Å². The second-order valence-electron chi connectivity index (χ2n) is 7.40. The summed E-state index contributed by atoms with van der Waals surface area (Å²) in [6.45, 7) is 4.09. The molecule has 0 amide bonds. The van der Waals surface area contributed by atoms with Gasteiger partial charge in [-0.05, 0) is 41.8 Å². The highest BCUT2D eigenvalue weighted by Crippen LogP contribution is 2.40. The predicted molar refractivity (Wildman–Crippen MR) is 123 cm³/mol. The fraction of sp³-hybridized carbons (Fsp3) is 0.167. The van der Waals surface area contributed by atoms with Gasteiger partial charge >= 0.3 is 5.69 Å². The summed E-state index contributed by atoms with van der Waals surface area (Å²) in [6.07, 6.45) is 0. The van der Waals surface area contributed by atoms with Crippen molar-refractivity contribution in [2.75, 3.05) is 7.11 Å². The lowest BCUT2D eigenvalue weighted by atomic mass is 9.99. The summed E-state index contributed by atoms with van der Waals surface area (Å²) < 4.78 is 21.7. The van der Waals surface area contributed by atoms with Gasteiger partial charge in [0.2, 0.25) is 0 Å². The van der Waals surface area contributed by atoms with Crippen LogP contribution in [0.3, 0.4) is 0 Å². The third-order valence-corrected chi connectivity index (χ3v) is 5.80. The molecule has 1 aromatic heterocycles. The Morgan fingerprint density at radius 2 is 1.81 bits per heavy atom. The Morgan fingerprint density at radius 1 is 1.06 bits per heavy atom. The number of aromatic nitrogens is 2. The third-order valence-electron chi connectivity index (χ3n) is 5.20. The van der Waals surface area contributed by atoms with Gasteiger partial charge < -0.3 is 4.74 Å². The van der Waals surface area contributed by atoms with E-state index >= 15 is 0 Å². The molecule has 0 unspecified atom stereocenters. The second kappa shape index (κ2) is 8.33. The Morgan fingerprint density at radius 3 is 2.52 bits per heavy atom. The number of rotatable bonds is 4. The number of para-hydroxylation sites is 1. The van der Waals surface area contributed by atoms with Gasteiger partial charge in [-0.3, -0.25) is 4.57 Å². The molecule has 0 fully saturated rings. The van der Waals surface area contributed by atoms with Crippen molar-refractivity contribution in [2.24, 2.45) is 0 Å². The molecule has 0 saturated heterocycles. The number of halogens is 3. The molecule has 0 aliphatic rings. The van der Waals surface area contributed by atoms with E-state index < -0.39 is 11.5 Å². The maximum atomic E-state index is 14.8. The van der Waals surface area contributed by atoms with E-state index in [1.54, 1.807) is 24.3 Å². The Kier molecular flexibility index (Phi) is 5.73. The average molecular weight is 457 g/mol. The smallest absolute Gasteiger partial charge is 0.354 e. The lowest BCUT2D eigenvalue weighted by Crippen LogP contribution is -2.23. The largest absolute Gasteiger partial charge is 0.496 e. The zero-order valence-electron chi connectivity index (χ0n) is 17.1. The monoisotopic (exact) mass is 456 g/mol. The van der Waals surface area contributed by atoms with Crippen LogP contribution in [0.25, 0.3) is 27.7 Å². The highest BCUT2D eigenvalue weighted by atomic mass is 35.5. The molecule has 0 bridgehead atoms. The van der Waals surface area contributed by atoms with Crippen LogP contribution in [0.15, 0.2) is 59.4 Å². The Hall–Kier alpha value is -2.89. The summed E-state index contributed by atoms with van der Waals surface area (Å²) in [4.78, 5) is 17.0. The molecule has 4 nitrogen and oxygen atoms in total. The van der Waals surface area contributed by atoms with Gasteiger partial charge in [-0.25, -0.2) is 9.18 Å². The van der Waals surface area contributed by atoms with Gasteiger partial charge in [0, 0.05) is 16.0 Å². The second-order valence-corrected chi connectivity index (χ2v) is 8.17. The van der Waals surface area contributed by atoms with Crippen LogP contribution in [0, 0.1) is 5.82 Å². The number of fused-ring (bicyclic) bond motifs is 1. The first-order chi connectivity index (χ1) is 14.8. The lowest BCUT2D eigenvalue weighted by molar-refractivity contribution is 0.413.